The van der Waals surface area contributed by atoms with Crippen LogP contribution < -0.4 is 10.5 Å². The van der Waals surface area contributed by atoms with E-state index in [1.54, 1.807) is 19.1 Å². The maximum absolute atomic E-state index is 13.8. The molecule has 0 saturated carbocycles. The summed E-state index contributed by atoms with van der Waals surface area (Å²) >= 11 is 5.59. The second kappa shape index (κ2) is 5.26. The summed E-state index contributed by atoms with van der Waals surface area (Å²) in [4.78, 5) is 3.36. The van der Waals surface area contributed by atoms with E-state index in [9.17, 15) is 12.8 Å². The number of rotatable bonds is 3. The number of halogens is 2. The molecule has 2 aromatic rings. The number of benzene rings is 1. The highest BCUT2D eigenvalue weighted by atomic mass is 35.5. The molecular formula is C12H11ClFN3O2S. The Kier molecular flexibility index (Phi) is 3.82. The number of nitrogen functional groups attached to an aromatic ring is 1. The van der Waals surface area contributed by atoms with Crippen LogP contribution in [0.2, 0.25) is 5.02 Å². The summed E-state index contributed by atoms with van der Waals surface area (Å²) < 4.78 is 40.3. The normalized spacial score (nSPS) is 11.3. The molecule has 0 radical (unpaired) electrons. The van der Waals surface area contributed by atoms with E-state index in [2.05, 4.69) is 9.71 Å². The number of aryl methyl sites for hydroxylation is 1. The average Bonchev–Trinajstić information content (AvgIpc) is 2.33. The average molecular weight is 316 g/mol. The third-order valence-electron chi connectivity index (χ3n) is 2.43. The van der Waals surface area contributed by atoms with Gasteiger partial charge in [-0.1, -0.05) is 17.7 Å². The first-order valence-electron chi connectivity index (χ1n) is 5.50. The fraction of sp³-hybridized carbons (Fsp3) is 0.0833. The van der Waals surface area contributed by atoms with Crippen molar-refractivity contribution < 1.29 is 12.8 Å². The first-order valence-corrected chi connectivity index (χ1v) is 7.37. The lowest BCUT2D eigenvalue weighted by molar-refractivity contribution is 0.570. The van der Waals surface area contributed by atoms with Gasteiger partial charge >= 0.3 is 0 Å². The van der Waals surface area contributed by atoms with Crippen LogP contribution in [-0.4, -0.2) is 13.4 Å². The zero-order valence-corrected chi connectivity index (χ0v) is 12.0. The van der Waals surface area contributed by atoms with Gasteiger partial charge in [-0.25, -0.2) is 17.8 Å². The van der Waals surface area contributed by atoms with Crippen LogP contribution in [0.4, 0.5) is 15.9 Å². The maximum atomic E-state index is 13.8. The zero-order valence-electron chi connectivity index (χ0n) is 10.4. The molecule has 0 aliphatic carbocycles. The molecule has 1 heterocycles. The number of nitrogens with zero attached hydrogens (tertiary/aromatic N) is 1. The van der Waals surface area contributed by atoms with Crippen molar-refractivity contribution in [1.29, 1.82) is 0 Å². The highest BCUT2D eigenvalue weighted by Crippen LogP contribution is 2.26. The van der Waals surface area contributed by atoms with E-state index in [1.807, 2.05) is 0 Å². The SMILES string of the molecule is Cc1cccc(NS(=O)(=O)c2cc(N)cc(Cl)c2F)n1. The maximum Gasteiger partial charge on any atom is 0.266 e. The molecule has 0 aliphatic rings. The summed E-state index contributed by atoms with van der Waals surface area (Å²) in [6.45, 7) is 1.70. The number of aromatic nitrogens is 1. The summed E-state index contributed by atoms with van der Waals surface area (Å²) in [6.07, 6.45) is 0. The molecule has 0 bridgehead atoms. The first-order chi connectivity index (χ1) is 9.29. The van der Waals surface area contributed by atoms with Crippen LogP contribution in [0.1, 0.15) is 5.69 Å². The highest BCUT2D eigenvalue weighted by molar-refractivity contribution is 7.92. The Labute approximate surface area is 120 Å². The second-order valence-corrected chi connectivity index (χ2v) is 6.14. The molecule has 0 atom stereocenters. The predicted molar refractivity (Wildman–Crippen MR) is 75.6 cm³/mol. The molecule has 2 rings (SSSR count). The van der Waals surface area contributed by atoms with Gasteiger partial charge in [0.2, 0.25) is 0 Å². The van der Waals surface area contributed by atoms with Crippen molar-refractivity contribution >= 4 is 33.1 Å². The number of pyridine rings is 1. The van der Waals surface area contributed by atoms with Crippen molar-refractivity contribution in [2.24, 2.45) is 0 Å². The summed E-state index contributed by atoms with van der Waals surface area (Å²) in [5.74, 6) is -0.969. The van der Waals surface area contributed by atoms with Crippen LogP contribution in [-0.2, 0) is 10.0 Å². The fourth-order valence-electron chi connectivity index (χ4n) is 1.57. The Morgan fingerprint density at radius 1 is 1.35 bits per heavy atom. The third kappa shape index (κ3) is 3.00. The molecule has 106 valence electrons. The lowest BCUT2D eigenvalue weighted by Gasteiger charge is -2.10. The minimum absolute atomic E-state index is 0.0500. The van der Waals surface area contributed by atoms with Crippen molar-refractivity contribution in [3.05, 3.63) is 46.9 Å². The molecule has 20 heavy (non-hydrogen) atoms. The quantitative estimate of drug-likeness (QED) is 0.852. The molecule has 0 aliphatic heterocycles. The molecule has 1 aromatic heterocycles. The Morgan fingerprint density at radius 2 is 2.05 bits per heavy atom. The number of nitrogens with one attached hydrogen (secondary N) is 1. The van der Waals surface area contributed by atoms with E-state index in [0.29, 0.717) is 5.69 Å². The highest BCUT2D eigenvalue weighted by Gasteiger charge is 2.22. The third-order valence-corrected chi connectivity index (χ3v) is 4.06. The van der Waals surface area contributed by atoms with Gasteiger partial charge in [0.1, 0.15) is 10.7 Å². The van der Waals surface area contributed by atoms with E-state index in [-0.39, 0.29) is 16.5 Å². The van der Waals surface area contributed by atoms with Crippen LogP contribution in [0.5, 0.6) is 0 Å². The standard InChI is InChI=1S/C12H11ClFN3O2S/c1-7-3-2-4-11(16-7)17-20(18,19)10-6-8(15)5-9(13)12(10)14/h2-6H,15H2,1H3,(H,16,17). The Morgan fingerprint density at radius 3 is 2.70 bits per heavy atom. The fourth-order valence-corrected chi connectivity index (χ4v) is 2.99. The van der Waals surface area contributed by atoms with Crippen molar-refractivity contribution in [2.75, 3.05) is 10.5 Å². The minimum Gasteiger partial charge on any atom is -0.399 e. The largest absolute Gasteiger partial charge is 0.399 e. The van der Waals surface area contributed by atoms with Gasteiger partial charge in [0.05, 0.1) is 5.02 Å². The molecule has 0 fully saturated rings. The number of sulfonamides is 1. The van der Waals surface area contributed by atoms with Crippen LogP contribution in [0, 0.1) is 12.7 Å². The molecule has 8 heteroatoms. The molecule has 3 N–H and O–H groups in total. The lowest BCUT2D eigenvalue weighted by Crippen LogP contribution is -2.16. The van der Waals surface area contributed by atoms with E-state index in [0.717, 1.165) is 12.1 Å². The summed E-state index contributed by atoms with van der Waals surface area (Å²) in [6, 6.07) is 6.93. The molecule has 0 amide bonds. The van der Waals surface area contributed by atoms with Gasteiger partial charge < -0.3 is 5.73 Å². The van der Waals surface area contributed by atoms with Gasteiger partial charge in [-0.2, -0.15) is 0 Å². The van der Waals surface area contributed by atoms with Crippen LogP contribution in [0.25, 0.3) is 0 Å². The number of anilines is 2. The van der Waals surface area contributed by atoms with Crippen molar-refractivity contribution in [1.82, 2.24) is 4.98 Å². The summed E-state index contributed by atoms with van der Waals surface area (Å²) in [5.41, 5.74) is 6.16. The smallest absolute Gasteiger partial charge is 0.266 e. The number of hydrogen-bond acceptors (Lipinski definition) is 4. The van der Waals surface area contributed by atoms with Gasteiger partial charge in [0.15, 0.2) is 5.82 Å². The van der Waals surface area contributed by atoms with Gasteiger partial charge in [0.25, 0.3) is 10.0 Å². The van der Waals surface area contributed by atoms with Gasteiger partial charge in [-0.05, 0) is 31.2 Å². The molecule has 1 aromatic carbocycles. The first kappa shape index (κ1) is 14.5. The van der Waals surface area contributed by atoms with E-state index >= 15 is 0 Å². The molecule has 5 nitrogen and oxygen atoms in total. The number of nitrogens with two attached hydrogens (primary N) is 1. The monoisotopic (exact) mass is 315 g/mol. The van der Waals surface area contributed by atoms with Crippen LogP contribution >= 0.6 is 11.6 Å². The topological polar surface area (TPSA) is 85.1 Å². The lowest BCUT2D eigenvalue weighted by atomic mass is 10.3. The molecule has 0 spiro atoms. The summed E-state index contributed by atoms with van der Waals surface area (Å²) in [5, 5.41) is -0.359. The van der Waals surface area contributed by atoms with Gasteiger partial charge in [-0.15, -0.1) is 0 Å². The van der Waals surface area contributed by atoms with E-state index in [1.165, 1.54) is 6.07 Å². The van der Waals surface area contributed by atoms with Crippen molar-refractivity contribution in [3.8, 4) is 0 Å². The van der Waals surface area contributed by atoms with Crippen molar-refractivity contribution in [2.45, 2.75) is 11.8 Å². The van der Waals surface area contributed by atoms with Crippen LogP contribution in [0.3, 0.4) is 0 Å². The van der Waals surface area contributed by atoms with Gasteiger partial charge in [-0.3, -0.25) is 4.72 Å². The molecule has 0 unspecified atom stereocenters. The Bertz CT molecular complexity index is 765. The van der Waals surface area contributed by atoms with Crippen molar-refractivity contribution in [3.63, 3.8) is 0 Å². The second-order valence-electron chi connectivity index (χ2n) is 4.08. The van der Waals surface area contributed by atoms with Crippen LogP contribution in [0.15, 0.2) is 35.2 Å². The Balaban J connectivity index is 2.46. The Hall–Kier alpha value is -1.86. The zero-order chi connectivity index (χ0) is 14.9. The molecular weight excluding hydrogens is 305 g/mol. The summed E-state index contributed by atoms with van der Waals surface area (Å²) in [7, 11) is -4.16. The van der Waals surface area contributed by atoms with E-state index in [4.69, 9.17) is 17.3 Å². The van der Waals surface area contributed by atoms with Gasteiger partial charge in [0, 0.05) is 11.4 Å². The minimum atomic E-state index is -4.16. The predicted octanol–water partition coefficient (Wildman–Crippen LogP) is 2.57. The number of hydrogen-bond donors (Lipinski definition) is 2. The van der Waals surface area contributed by atoms with E-state index < -0.39 is 20.7 Å². The molecule has 0 saturated heterocycles.